The Labute approximate surface area is 195 Å². The van der Waals surface area contributed by atoms with Gasteiger partial charge in [0.2, 0.25) is 0 Å². The van der Waals surface area contributed by atoms with Crippen LogP contribution in [-0.4, -0.2) is 37.2 Å². The first kappa shape index (κ1) is 20.3. The Hall–Kier alpha value is -4.33. The Balaban J connectivity index is 1.27. The third kappa shape index (κ3) is 3.94. The van der Waals surface area contributed by atoms with E-state index in [1.807, 2.05) is 48.5 Å². The van der Waals surface area contributed by atoms with Gasteiger partial charge in [0.1, 0.15) is 11.3 Å². The van der Waals surface area contributed by atoms with Gasteiger partial charge in [-0.3, -0.25) is 9.78 Å². The lowest BCUT2D eigenvalue weighted by molar-refractivity contribution is 0.0953. The van der Waals surface area contributed by atoms with E-state index in [0.29, 0.717) is 29.5 Å². The Bertz CT molecular complexity index is 1440. The first-order chi connectivity index (χ1) is 16.8. The maximum Gasteiger partial charge on any atom is 0.254 e. The lowest BCUT2D eigenvalue weighted by atomic mass is 10.1. The zero-order valence-electron chi connectivity index (χ0n) is 18.4. The maximum absolute atomic E-state index is 13.0. The van der Waals surface area contributed by atoms with Crippen molar-refractivity contribution >= 4 is 16.9 Å². The molecule has 1 aliphatic carbocycles. The van der Waals surface area contributed by atoms with Gasteiger partial charge in [-0.2, -0.15) is 5.10 Å². The van der Waals surface area contributed by atoms with Crippen molar-refractivity contribution in [1.82, 2.24) is 30.0 Å². The molecule has 34 heavy (non-hydrogen) atoms. The smallest absolute Gasteiger partial charge is 0.254 e. The summed E-state index contributed by atoms with van der Waals surface area (Å²) in [5.41, 5.74) is 4.05. The molecule has 0 radical (unpaired) electrons. The van der Waals surface area contributed by atoms with E-state index < -0.39 is 0 Å². The Morgan fingerprint density at radius 3 is 2.76 bits per heavy atom. The molecule has 4 heterocycles. The highest BCUT2D eigenvalue weighted by molar-refractivity contribution is 5.95. The minimum absolute atomic E-state index is 0.129. The summed E-state index contributed by atoms with van der Waals surface area (Å²) in [6, 6.07) is 15.5. The van der Waals surface area contributed by atoms with Crippen LogP contribution in [0.15, 0.2) is 77.7 Å². The molecule has 1 aromatic carbocycles. The van der Waals surface area contributed by atoms with Crippen molar-refractivity contribution in [2.75, 3.05) is 6.54 Å². The molecule has 0 bridgehead atoms. The van der Waals surface area contributed by atoms with Crippen LogP contribution in [0.1, 0.15) is 40.4 Å². The summed E-state index contributed by atoms with van der Waals surface area (Å²) in [4.78, 5) is 26.2. The Morgan fingerprint density at radius 1 is 1.09 bits per heavy atom. The topological polar surface area (TPSA) is 98.7 Å². The number of carbonyl (C=O) groups excluding carboxylic acids is 1. The third-order valence-corrected chi connectivity index (χ3v) is 5.97. The average molecular weight is 451 g/mol. The second kappa shape index (κ2) is 8.55. The first-order valence-electron chi connectivity index (χ1n) is 11.3. The van der Waals surface area contributed by atoms with Crippen LogP contribution in [0.2, 0.25) is 0 Å². The number of nitrogens with one attached hydrogen (secondary N) is 1. The molecule has 1 amide bonds. The summed E-state index contributed by atoms with van der Waals surface area (Å²) < 4.78 is 7.67. The molecule has 5 aromatic rings. The molecule has 8 nitrogen and oxygen atoms in total. The number of hydrogen-bond acceptors (Lipinski definition) is 6. The molecule has 1 N–H and O–H groups in total. The van der Waals surface area contributed by atoms with Crippen LogP contribution in [0, 0.1) is 0 Å². The van der Waals surface area contributed by atoms with Gasteiger partial charge in [-0.25, -0.2) is 14.6 Å². The van der Waals surface area contributed by atoms with Crippen LogP contribution in [0.5, 0.6) is 0 Å². The number of rotatable bonds is 7. The molecule has 168 valence electrons. The summed E-state index contributed by atoms with van der Waals surface area (Å²) in [5.74, 6) is 1.24. The van der Waals surface area contributed by atoms with Crippen LogP contribution >= 0.6 is 0 Å². The average Bonchev–Trinajstić information content (AvgIpc) is 3.46. The maximum atomic E-state index is 13.0. The number of benzene rings is 1. The number of hydrogen-bond donors (Lipinski definition) is 1. The van der Waals surface area contributed by atoms with E-state index >= 15 is 0 Å². The highest BCUT2D eigenvalue weighted by Gasteiger charge is 2.33. The van der Waals surface area contributed by atoms with Crippen molar-refractivity contribution in [3.05, 3.63) is 90.1 Å². The number of furan rings is 1. The quantitative estimate of drug-likeness (QED) is 0.396. The zero-order chi connectivity index (χ0) is 22.9. The van der Waals surface area contributed by atoms with Gasteiger partial charge in [-0.05, 0) is 55.2 Å². The van der Waals surface area contributed by atoms with E-state index in [1.165, 1.54) is 0 Å². The standard InChI is InChI=1S/C26H22N6O2/c33-25(28-13-9-17-7-11-27-12-8-17)20-16-30-32(24(20)18-5-6-18)26-29-14-10-21(31-26)23-15-19-3-1-2-4-22(19)34-23/h1-4,7-8,10-12,14-16,18H,5-6,9,13H2,(H,28,33). The lowest BCUT2D eigenvalue weighted by Crippen LogP contribution is -2.26. The van der Waals surface area contributed by atoms with Crippen molar-refractivity contribution in [3.63, 3.8) is 0 Å². The molecule has 0 unspecified atom stereocenters. The molecular weight excluding hydrogens is 428 g/mol. The molecule has 0 atom stereocenters. The van der Waals surface area contributed by atoms with Crippen molar-refractivity contribution in [2.24, 2.45) is 0 Å². The number of aromatic nitrogens is 5. The molecule has 1 fully saturated rings. The first-order valence-corrected chi connectivity index (χ1v) is 11.3. The molecule has 6 rings (SSSR count). The zero-order valence-corrected chi connectivity index (χ0v) is 18.4. The molecule has 1 aliphatic rings. The SMILES string of the molecule is O=C(NCCc1ccncc1)c1cnn(-c2nccc(-c3cc4ccccc4o3)n2)c1C1CC1. The highest BCUT2D eigenvalue weighted by atomic mass is 16.3. The fraction of sp³-hybridized carbons (Fsp3) is 0.192. The predicted molar refractivity (Wildman–Crippen MR) is 127 cm³/mol. The second-order valence-electron chi connectivity index (χ2n) is 8.38. The fourth-order valence-electron chi connectivity index (χ4n) is 4.10. The van der Waals surface area contributed by atoms with Crippen LogP contribution in [0.4, 0.5) is 0 Å². The van der Waals surface area contributed by atoms with Crippen molar-refractivity contribution in [1.29, 1.82) is 0 Å². The van der Waals surface area contributed by atoms with E-state index in [2.05, 4.69) is 20.4 Å². The summed E-state index contributed by atoms with van der Waals surface area (Å²) in [6.45, 7) is 0.538. The summed E-state index contributed by atoms with van der Waals surface area (Å²) >= 11 is 0. The number of amides is 1. The molecule has 4 aromatic heterocycles. The largest absolute Gasteiger partial charge is 0.454 e. The van der Waals surface area contributed by atoms with Crippen LogP contribution in [0.3, 0.4) is 0 Å². The van der Waals surface area contributed by atoms with Gasteiger partial charge in [0.05, 0.1) is 17.5 Å². The van der Waals surface area contributed by atoms with E-state index in [1.54, 1.807) is 29.5 Å². The molecule has 0 aliphatic heterocycles. The van der Waals surface area contributed by atoms with Crippen LogP contribution in [-0.2, 0) is 6.42 Å². The van der Waals surface area contributed by atoms with E-state index in [9.17, 15) is 4.79 Å². The van der Waals surface area contributed by atoms with Gasteiger partial charge in [0, 0.05) is 36.4 Å². The van der Waals surface area contributed by atoms with Gasteiger partial charge >= 0.3 is 0 Å². The number of pyridine rings is 1. The monoisotopic (exact) mass is 450 g/mol. The van der Waals surface area contributed by atoms with Crippen LogP contribution in [0.25, 0.3) is 28.4 Å². The molecule has 0 spiro atoms. The van der Waals surface area contributed by atoms with Gasteiger partial charge in [0.15, 0.2) is 5.76 Å². The minimum atomic E-state index is -0.129. The Kier molecular flexibility index (Phi) is 5.10. The van der Waals surface area contributed by atoms with Gasteiger partial charge in [0.25, 0.3) is 11.9 Å². The van der Waals surface area contributed by atoms with E-state index in [-0.39, 0.29) is 11.8 Å². The molecule has 1 saturated carbocycles. The molecule has 8 heteroatoms. The van der Waals surface area contributed by atoms with E-state index in [4.69, 9.17) is 9.40 Å². The van der Waals surface area contributed by atoms with Crippen LogP contribution < -0.4 is 5.32 Å². The minimum Gasteiger partial charge on any atom is -0.454 e. The van der Waals surface area contributed by atoms with Crippen molar-refractivity contribution < 1.29 is 9.21 Å². The number of para-hydroxylation sites is 1. The number of nitrogens with zero attached hydrogens (tertiary/aromatic N) is 5. The number of fused-ring (bicyclic) bond motifs is 1. The van der Waals surface area contributed by atoms with Crippen molar-refractivity contribution in [2.45, 2.75) is 25.2 Å². The number of carbonyl (C=O) groups is 1. The van der Waals surface area contributed by atoms with Gasteiger partial charge in [-0.15, -0.1) is 0 Å². The summed E-state index contributed by atoms with van der Waals surface area (Å²) in [6.07, 6.45) is 9.60. The van der Waals surface area contributed by atoms with Gasteiger partial charge in [-0.1, -0.05) is 18.2 Å². The predicted octanol–water partition coefficient (Wildman–Crippen LogP) is 4.32. The lowest BCUT2D eigenvalue weighted by Gasteiger charge is -2.09. The van der Waals surface area contributed by atoms with Crippen molar-refractivity contribution in [3.8, 4) is 17.4 Å². The fourth-order valence-corrected chi connectivity index (χ4v) is 4.10. The molecule has 0 saturated heterocycles. The second-order valence-corrected chi connectivity index (χ2v) is 8.38. The van der Waals surface area contributed by atoms with E-state index in [0.717, 1.165) is 41.5 Å². The Morgan fingerprint density at radius 2 is 1.94 bits per heavy atom. The third-order valence-electron chi connectivity index (χ3n) is 5.97. The summed E-state index contributed by atoms with van der Waals surface area (Å²) in [5, 5.41) is 8.54. The molecular formula is C26H22N6O2. The normalized spacial score (nSPS) is 13.3. The summed E-state index contributed by atoms with van der Waals surface area (Å²) in [7, 11) is 0. The highest BCUT2D eigenvalue weighted by Crippen LogP contribution is 2.42. The van der Waals surface area contributed by atoms with Gasteiger partial charge < -0.3 is 9.73 Å².